The second kappa shape index (κ2) is 7.48. The Morgan fingerprint density at radius 1 is 1.18 bits per heavy atom. The Morgan fingerprint density at radius 3 is 2.79 bits per heavy atom. The summed E-state index contributed by atoms with van der Waals surface area (Å²) >= 11 is 6.39. The zero-order valence-electron chi connectivity index (χ0n) is 15.1. The molecule has 0 aliphatic carbocycles. The number of ether oxygens (including phenoxy) is 1. The lowest BCUT2D eigenvalue weighted by Gasteiger charge is -2.10. The fourth-order valence-corrected chi connectivity index (χ4v) is 3.36. The van der Waals surface area contributed by atoms with Crippen molar-refractivity contribution >= 4 is 39.6 Å². The van der Waals surface area contributed by atoms with Crippen molar-refractivity contribution in [1.82, 2.24) is 9.55 Å². The zero-order valence-corrected chi connectivity index (χ0v) is 15.9. The number of hydrogen-bond donors (Lipinski definition) is 0. The number of aromatic nitrogens is 2. The average molecular weight is 397 g/mol. The molecule has 7 heteroatoms. The SMILES string of the molecule is Cc1c(Cl)c(COC(=O)CCn2c(=O)oc3ccccc32)nc2ccccc12. The molecule has 0 aliphatic rings. The van der Waals surface area contributed by atoms with E-state index >= 15 is 0 Å². The predicted molar refractivity (Wildman–Crippen MR) is 106 cm³/mol. The molecule has 4 aromatic rings. The standard InChI is InChI=1S/C21H17ClN2O4/c1-13-14-6-2-3-7-15(14)23-16(20(13)22)12-27-19(25)10-11-24-17-8-4-5-9-18(17)28-21(24)26/h2-9H,10-12H2,1H3. The summed E-state index contributed by atoms with van der Waals surface area (Å²) in [5.74, 6) is -0.940. The maximum Gasteiger partial charge on any atom is 0.419 e. The second-order valence-corrected chi connectivity index (χ2v) is 6.79. The summed E-state index contributed by atoms with van der Waals surface area (Å²) in [5.41, 5.74) is 3.34. The van der Waals surface area contributed by atoms with E-state index in [0.717, 1.165) is 16.5 Å². The van der Waals surface area contributed by atoms with Crippen molar-refractivity contribution in [2.24, 2.45) is 0 Å². The van der Waals surface area contributed by atoms with Crippen LogP contribution in [0.25, 0.3) is 22.0 Å². The molecule has 0 spiro atoms. The lowest BCUT2D eigenvalue weighted by Crippen LogP contribution is -2.17. The summed E-state index contributed by atoms with van der Waals surface area (Å²) in [6.07, 6.45) is 0.0353. The van der Waals surface area contributed by atoms with E-state index in [1.807, 2.05) is 37.3 Å². The number of benzene rings is 2. The molecule has 0 atom stereocenters. The predicted octanol–water partition coefficient (Wildman–Crippen LogP) is 4.24. The summed E-state index contributed by atoms with van der Waals surface area (Å²) < 4.78 is 11.9. The Morgan fingerprint density at radius 2 is 1.93 bits per heavy atom. The van der Waals surface area contributed by atoms with Gasteiger partial charge in [-0.25, -0.2) is 9.78 Å². The monoisotopic (exact) mass is 396 g/mol. The Labute approximate surface area is 165 Å². The van der Waals surface area contributed by atoms with Gasteiger partial charge in [0.25, 0.3) is 0 Å². The second-order valence-electron chi connectivity index (χ2n) is 6.41. The molecule has 0 bridgehead atoms. The Bertz CT molecular complexity index is 1240. The highest BCUT2D eigenvalue weighted by Crippen LogP contribution is 2.27. The molecule has 2 aromatic heterocycles. The first kappa shape index (κ1) is 18.3. The maximum absolute atomic E-state index is 12.2. The third-order valence-electron chi connectivity index (χ3n) is 4.63. The lowest BCUT2D eigenvalue weighted by atomic mass is 10.1. The number of hydrogen-bond acceptors (Lipinski definition) is 5. The molecule has 28 heavy (non-hydrogen) atoms. The molecule has 0 radical (unpaired) electrons. The number of esters is 1. The van der Waals surface area contributed by atoms with Crippen molar-refractivity contribution in [3.63, 3.8) is 0 Å². The Balaban J connectivity index is 1.45. The van der Waals surface area contributed by atoms with Crippen molar-refractivity contribution in [2.45, 2.75) is 26.5 Å². The number of pyridine rings is 1. The van der Waals surface area contributed by atoms with Crippen LogP contribution in [-0.2, 0) is 22.7 Å². The van der Waals surface area contributed by atoms with Gasteiger partial charge in [-0.1, -0.05) is 41.9 Å². The molecule has 2 heterocycles. The molecule has 0 unspecified atom stereocenters. The summed E-state index contributed by atoms with van der Waals surface area (Å²) in [6, 6.07) is 14.7. The highest BCUT2D eigenvalue weighted by molar-refractivity contribution is 6.32. The fraction of sp³-hybridized carbons (Fsp3) is 0.190. The quantitative estimate of drug-likeness (QED) is 0.472. The lowest BCUT2D eigenvalue weighted by molar-refractivity contribution is -0.145. The summed E-state index contributed by atoms with van der Waals surface area (Å²) in [5, 5.41) is 1.46. The van der Waals surface area contributed by atoms with Crippen LogP contribution >= 0.6 is 11.6 Å². The van der Waals surface area contributed by atoms with Crippen molar-refractivity contribution in [1.29, 1.82) is 0 Å². The first-order chi connectivity index (χ1) is 13.5. The number of carbonyl (C=O) groups is 1. The highest BCUT2D eigenvalue weighted by Gasteiger charge is 2.14. The van der Waals surface area contributed by atoms with Gasteiger partial charge >= 0.3 is 11.7 Å². The van der Waals surface area contributed by atoms with Crippen molar-refractivity contribution in [3.05, 3.63) is 75.4 Å². The van der Waals surface area contributed by atoms with Gasteiger partial charge in [0.15, 0.2) is 5.58 Å². The van der Waals surface area contributed by atoms with E-state index in [4.69, 9.17) is 20.8 Å². The van der Waals surface area contributed by atoms with E-state index in [2.05, 4.69) is 4.98 Å². The largest absolute Gasteiger partial charge is 0.459 e. The van der Waals surface area contributed by atoms with Crippen LogP contribution in [0.3, 0.4) is 0 Å². The van der Waals surface area contributed by atoms with Crippen LogP contribution in [0.2, 0.25) is 5.02 Å². The van der Waals surface area contributed by atoms with Crippen LogP contribution < -0.4 is 5.76 Å². The van der Waals surface area contributed by atoms with Gasteiger partial charge in [0.05, 0.1) is 28.2 Å². The Hall–Kier alpha value is -3.12. The molecule has 142 valence electrons. The first-order valence-corrected chi connectivity index (χ1v) is 9.20. The van der Waals surface area contributed by atoms with Crippen molar-refractivity contribution in [2.75, 3.05) is 0 Å². The van der Waals surface area contributed by atoms with Gasteiger partial charge in [0, 0.05) is 11.9 Å². The maximum atomic E-state index is 12.2. The molecular weight excluding hydrogens is 380 g/mol. The number of nitrogens with zero attached hydrogens (tertiary/aromatic N) is 2. The van der Waals surface area contributed by atoms with Gasteiger partial charge in [-0.2, -0.15) is 0 Å². The number of halogens is 1. The van der Waals surface area contributed by atoms with Gasteiger partial charge in [-0.15, -0.1) is 0 Å². The normalized spacial score (nSPS) is 11.2. The number of carbonyl (C=O) groups excluding carboxylic acids is 1. The molecule has 0 aliphatic heterocycles. The molecule has 6 nitrogen and oxygen atoms in total. The van der Waals surface area contributed by atoms with Gasteiger partial charge in [-0.3, -0.25) is 9.36 Å². The number of rotatable bonds is 5. The topological polar surface area (TPSA) is 74.3 Å². The molecule has 2 aromatic carbocycles. The molecule has 4 rings (SSSR count). The average Bonchev–Trinajstić information content (AvgIpc) is 3.03. The summed E-state index contributed by atoms with van der Waals surface area (Å²) in [4.78, 5) is 28.6. The van der Waals surface area contributed by atoms with Crippen LogP contribution in [0.15, 0.2) is 57.7 Å². The number of aryl methyl sites for hydroxylation is 2. The minimum absolute atomic E-state index is 0.0234. The minimum atomic E-state index is -0.496. The Kier molecular flexibility index (Phi) is 4.88. The van der Waals surface area contributed by atoms with E-state index in [9.17, 15) is 9.59 Å². The van der Waals surface area contributed by atoms with Crippen LogP contribution in [0.5, 0.6) is 0 Å². The van der Waals surface area contributed by atoms with Crippen LogP contribution in [0, 0.1) is 6.92 Å². The van der Waals surface area contributed by atoms with Gasteiger partial charge in [0.2, 0.25) is 0 Å². The summed E-state index contributed by atoms with van der Waals surface area (Å²) in [7, 11) is 0. The van der Waals surface area contributed by atoms with E-state index < -0.39 is 11.7 Å². The van der Waals surface area contributed by atoms with Crippen LogP contribution in [-0.4, -0.2) is 15.5 Å². The van der Waals surface area contributed by atoms with Crippen LogP contribution in [0.1, 0.15) is 17.7 Å². The third-order valence-corrected chi connectivity index (χ3v) is 5.13. The van der Waals surface area contributed by atoms with Crippen LogP contribution in [0.4, 0.5) is 0 Å². The minimum Gasteiger partial charge on any atom is -0.459 e. The van der Waals surface area contributed by atoms with Gasteiger partial charge in [-0.05, 0) is 30.7 Å². The number of oxazole rings is 1. The van der Waals surface area contributed by atoms with E-state index in [1.165, 1.54) is 4.57 Å². The van der Waals surface area contributed by atoms with Crippen molar-refractivity contribution in [3.8, 4) is 0 Å². The molecule has 0 N–H and O–H groups in total. The smallest absolute Gasteiger partial charge is 0.419 e. The third kappa shape index (κ3) is 3.39. The molecule has 0 saturated carbocycles. The molecule has 0 amide bonds. The van der Waals surface area contributed by atoms with E-state index in [1.54, 1.807) is 18.2 Å². The highest BCUT2D eigenvalue weighted by atomic mass is 35.5. The first-order valence-electron chi connectivity index (χ1n) is 8.82. The summed E-state index contributed by atoms with van der Waals surface area (Å²) in [6.45, 7) is 2.06. The van der Waals surface area contributed by atoms with Gasteiger partial charge < -0.3 is 9.15 Å². The van der Waals surface area contributed by atoms with E-state index in [-0.39, 0.29) is 19.6 Å². The molecule has 0 saturated heterocycles. The van der Waals surface area contributed by atoms with Crippen molar-refractivity contribution < 1.29 is 13.9 Å². The number of fused-ring (bicyclic) bond motifs is 2. The fourth-order valence-electron chi connectivity index (χ4n) is 3.16. The van der Waals surface area contributed by atoms with E-state index in [0.29, 0.717) is 21.8 Å². The molecular formula is C21H17ClN2O4. The number of para-hydroxylation sites is 3. The van der Waals surface area contributed by atoms with Gasteiger partial charge in [0.1, 0.15) is 6.61 Å². The zero-order chi connectivity index (χ0) is 19.7. The molecule has 0 fully saturated rings.